The Morgan fingerprint density at radius 2 is 2.15 bits per heavy atom. The van der Waals surface area contributed by atoms with Gasteiger partial charge in [0, 0.05) is 31.1 Å². The minimum atomic E-state index is -0.115. The SMILES string of the molecule is CCOC(c1ccccc1)c1ncc(CNC2CC2)[nH]1. The van der Waals surface area contributed by atoms with Crippen LogP contribution in [-0.2, 0) is 11.3 Å². The minimum Gasteiger partial charge on any atom is -0.366 e. The van der Waals surface area contributed by atoms with Crippen molar-refractivity contribution in [3.8, 4) is 0 Å². The van der Waals surface area contributed by atoms with E-state index in [2.05, 4.69) is 27.4 Å². The highest BCUT2D eigenvalue weighted by Crippen LogP contribution is 2.24. The predicted octanol–water partition coefficient (Wildman–Crippen LogP) is 2.79. The highest BCUT2D eigenvalue weighted by molar-refractivity contribution is 5.23. The van der Waals surface area contributed by atoms with Crippen LogP contribution in [0.1, 0.15) is 43.0 Å². The molecule has 2 aromatic rings. The molecule has 0 bridgehead atoms. The summed E-state index contributed by atoms with van der Waals surface area (Å²) in [6, 6.07) is 10.9. The summed E-state index contributed by atoms with van der Waals surface area (Å²) in [4.78, 5) is 7.87. The Kier molecular flexibility index (Phi) is 4.14. The molecule has 0 spiro atoms. The van der Waals surface area contributed by atoms with E-state index in [0.717, 1.165) is 23.6 Å². The van der Waals surface area contributed by atoms with Crippen LogP contribution < -0.4 is 5.32 Å². The summed E-state index contributed by atoms with van der Waals surface area (Å²) in [5, 5.41) is 3.48. The molecule has 1 aromatic heterocycles. The largest absolute Gasteiger partial charge is 0.366 e. The maximum atomic E-state index is 5.85. The Bertz CT molecular complexity index is 534. The number of nitrogens with one attached hydrogen (secondary N) is 2. The van der Waals surface area contributed by atoms with Crippen molar-refractivity contribution in [3.63, 3.8) is 0 Å². The van der Waals surface area contributed by atoms with E-state index in [-0.39, 0.29) is 6.10 Å². The summed E-state index contributed by atoms with van der Waals surface area (Å²) < 4.78 is 5.85. The third kappa shape index (κ3) is 3.26. The summed E-state index contributed by atoms with van der Waals surface area (Å²) >= 11 is 0. The van der Waals surface area contributed by atoms with Gasteiger partial charge in [-0.1, -0.05) is 30.3 Å². The van der Waals surface area contributed by atoms with Gasteiger partial charge in [-0.25, -0.2) is 4.98 Å². The van der Waals surface area contributed by atoms with Crippen molar-refractivity contribution >= 4 is 0 Å². The third-order valence-electron chi connectivity index (χ3n) is 3.49. The molecule has 1 unspecified atom stereocenters. The second kappa shape index (κ2) is 6.20. The van der Waals surface area contributed by atoms with Crippen LogP contribution in [0.4, 0.5) is 0 Å². The normalized spacial score (nSPS) is 16.2. The van der Waals surface area contributed by atoms with Crippen molar-refractivity contribution in [3.05, 3.63) is 53.6 Å². The Morgan fingerprint density at radius 3 is 2.85 bits per heavy atom. The van der Waals surface area contributed by atoms with E-state index in [0.29, 0.717) is 12.6 Å². The number of aromatic amines is 1. The molecular formula is C16H21N3O. The number of H-pyrrole nitrogens is 1. The van der Waals surface area contributed by atoms with E-state index in [4.69, 9.17) is 4.74 Å². The van der Waals surface area contributed by atoms with E-state index in [1.165, 1.54) is 12.8 Å². The van der Waals surface area contributed by atoms with Crippen LogP contribution >= 0.6 is 0 Å². The average molecular weight is 271 g/mol. The first-order valence-corrected chi connectivity index (χ1v) is 7.30. The summed E-state index contributed by atoms with van der Waals surface area (Å²) in [5.41, 5.74) is 2.25. The van der Waals surface area contributed by atoms with Crippen LogP contribution in [0.2, 0.25) is 0 Å². The Morgan fingerprint density at radius 1 is 1.35 bits per heavy atom. The third-order valence-corrected chi connectivity index (χ3v) is 3.49. The summed E-state index contributed by atoms with van der Waals surface area (Å²) in [7, 11) is 0. The van der Waals surface area contributed by atoms with Crippen LogP contribution in [0, 0.1) is 0 Å². The van der Waals surface area contributed by atoms with Gasteiger partial charge in [-0.2, -0.15) is 0 Å². The molecule has 1 saturated carbocycles. The second-order valence-corrected chi connectivity index (χ2v) is 5.19. The van der Waals surface area contributed by atoms with Crippen molar-refractivity contribution in [2.75, 3.05) is 6.61 Å². The predicted molar refractivity (Wildman–Crippen MR) is 78.4 cm³/mol. The van der Waals surface area contributed by atoms with Crippen LogP contribution in [0.25, 0.3) is 0 Å². The highest BCUT2D eigenvalue weighted by atomic mass is 16.5. The smallest absolute Gasteiger partial charge is 0.140 e. The van der Waals surface area contributed by atoms with E-state index >= 15 is 0 Å². The first-order valence-electron chi connectivity index (χ1n) is 7.30. The quantitative estimate of drug-likeness (QED) is 0.814. The number of imidazole rings is 1. The molecule has 1 atom stereocenters. The minimum absolute atomic E-state index is 0.115. The molecular weight excluding hydrogens is 250 g/mol. The Labute approximate surface area is 119 Å². The molecule has 3 rings (SSSR count). The fourth-order valence-electron chi connectivity index (χ4n) is 2.27. The molecule has 1 aromatic carbocycles. The lowest BCUT2D eigenvalue weighted by Crippen LogP contribution is -2.15. The molecule has 1 aliphatic carbocycles. The van der Waals surface area contributed by atoms with Gasteiger partial charge in [-0.05, 0) is 25.3 Å². The number of aromatic nitrogens is 2. The zero-order valence-electron chi connectivity index (χ0n) is 11.8. The van der Waals surface area contributed by atoms with Crippen molar-refractivity contribution in [1.29, 1.82) is 0 Å². The van der Waals surface area contributed by atoms with Crippen molar-refractivity contribution in [2.45, 2.75) is 38.5 Å². The molecule has 2 N–H and O–H groups in total. The van der Waals surface area contributed by atoms with Crippen molar-refractivity contribution in [1.82, 2.24) is 15.3 Å². The van der Waals surface area contributed by atoms with E-state index in [1.54, 1.807) is 0 Å². The summed E-state index contributed by atoms with van der Waals surface area (Å²) in [6.45, 7) is 3.52. The van der Waals surface area contributed by atoms with Gasteiger partial charge in [0.1, 0.15) is 11.9 Å². The number of hydrogen-bond acceptors (Lipinski definition) is 3. The molecule has 1 aliphatic rings. The van der Waals surface area contributed by atoms with Gasteiger partial charge in [0.25, 0.3) is 0 Å². The van der Waals surface area contributed by atoms with Crippen LogP contribution in [0.5, 0.6) is 0 Å². The van der Waals surface area contributed by atoms with E-state index < -0.39 is 0 Å². The van der Waals surface area contributed by atoms with Gasteiger partial charge in [0.15, 0.2) is 0 Å². The topological polar surface area (TPSA) is 49.9 Å². The first-order chi connectivity index (χ1) is 9.86. The maximum absolute atomic E-state index is 5.85. The Balaban J connectivity index is 1.73. The second-order valence-electron chi connectivity index (χ2n) is 5.19. The molecule has 0 saturated heterocycles. The average Bonchev–Trinajstić information content (AvgIpc) is 3.21. The number of nitrogens with zero attached hydrogens (tertiary/aromatic N) is 1. The molecule has 0 amide bonds. The van der Waals surface area contributed by atoms with Crippen LogP contribution in [0.15, 0.2) is 36.5 Å². The van der Waals surface area contributed by atoms with Gasteiger partial charge >= 0.3 is 0 Å². The number of hydrogen-bond donors (Lipinski definition) is 2. The zero-order valence-corrected chi connectivity index (χ0v) is 11.8. The lowest BCUT2D eigenvalue weighted by molar-refractivity contribution is 0.0856. The molecule has 4 heteroatoms. The fourth-order valence-corrected chi connectivity index (χ4v) is 2.27. The molecule has 4 nitrogen and oxygen atoms in total. The van der Waals surface area contributed by atoms with E-state index in [1.807, 2.05) is 31.3 Å². The number of ether oxygens (including phenoxy) is 1. The molecule has 1 heterocycles. The van der Waals surface area contributed by atoms with Gasteiger partial charge in [-0.3, -0.25) is 0 Å². The lowest BCUT2D eigenvalue weighted by Gasteiger charge is -2.15. The standard InChI is InChI=1S/C16H21N3O/c1-2-20-15(12-6-4-3-5-7-12)16-18-11-14(19-16)10-17-13-8-9-13/h3-7,11,13,15,17H,2,8-10H2,1H3,(H,18,19). The molecule has 0 aliphatic heterocycles. The highest BCUT2D eigenvalue weighted by Gasteiger charge is 2.21. The summed E-state index contributed by atoms with van der Waals surface area (Å²) in [5.74, 6) is 0.880. The van der Waals surface area contributed by atoms with Gasteiger partial charge in [0.05, 0.1) is 0 Å². The first kappa shape index (κ1) is 13.3. The molecule has 106 valence electrons. The maximum Gasteiger partial charge on any atom is 0.140 e. The fraction of sp³-hybridized carbons (Fsp3) is 0.438. The molecule has 0 radical (unpaired) electrons. The Hall–Kier alpha value is -1.65. The number of rotatable bonds is 7. The van der Waals surface area contributed by atoms with Crippen LogP contribution in [-0.4, -0.2) is 22.6 Å². The molecule has 20 heavy (non-hydrogen) atoms. The molecule has 1 fully saturated rings. The van der Waals surface area contributed by atoms with Gasteiger partial charge in [-0.15, -0.1) is 0 Å². The van der Waals surface area contributed by atoms with Gasteiger partial charge < -0.3 is 15.0 Å². The zero-order chi connectivity index (χ0) is 13.8. The van der Waals surface area contributed by atoms with Gasteiger partial charge in [0.2, 0.25) is 0 Å². The van der Waals surface area contributed by atoms with Crippen molar-refractivity contribution in [2.24, 2.45) is 0 Å². The monoisotopic (exact) mass is 271 g/mol. The lowest BCUT2D eigenvalue weighted by atomic mass is 10.1. The van der Waals surface area contributed by atoms with Crippen LogP contribution in [0.3, 0.4) is 0 Å². The van der Waals surface area contributed by atoms with E-state index in [9.17, 15) is 0 Å². The summed E-state index contributed by atoms with van der Waals surface area (Å²) in [6.07, 6.45) is 4.38. The van der Waals surface area contributed by atoms with Crippen molar-refractivity contribution < 1.29 is 4.74 Å². The number of benzene rings is 1.